The molecule has 1 fully saturated rings. The molecule has 0 radical (unpaired) electrons. The van der Waals surface area contributed by atoms with Crippen LogP contribution in [0.1, 0.15) is 19.8 Å². The fourth-order valence-corrected chi connectivity index (χ4v) is 2.03. The van der Waals surface area contributed by atoms with E-state index in [1.807, 2.05) is 13.0 Å². The SMILES string of the molecule is C=C1/C(=C\C)CCC1(NC)C(=O)NC=O. The molecule has 4 heteroatoms. The van der Waals surface area contributed by atoms with Gasteiger partial charge in [-0.2, -0.15) is 0 Å². The average Bonchev–Trinajstić information content (AvgIpc) is 2.56. The molecular formula is C11H16N2O2. The predicted octanol–water partition coefficient (Wildman–Crippen LogP) is 0.513. The van der Waals surface area contributed by atoms with Crippen LogP contribution in [0.2, 0.25) is 0 Å². The summed E-state index contributed by atoms with van der Waals surface area (Å²) in [6.45, 7) is 5.85. The first-order valence-electron chi connectivity index (χ1n) is 4.91. The summed E-state index contributed by atoms with van der Waals surface area (Å²) < 4.78 is 0. The first kappa shape index (κ1) is 11.7. The fraction of sp³-hybridized carbons (Fsp3) is 0.455. The van der Waals surface area contributed by atoms with E-state index in [1.165, 1.54) is 0 Å². The number of imide groups is 1. The van der Waals surface area contributed by atoms with Crippen LogP contribution in [0.5, 0.6) is 0 Å². The van der Waals surface area contributed by atoms with Crippen molar-refractivity contribution in [2.75, 3.05) is 7.05 Å². The molecule has 0 aliphatic heterocycles. The maximum Gasteiger partial charge on any atom is 0.251 e. The Morgan fingerprint density at radius 2 is 2.27 bits per heavy atom. The number of nitrogens with one attached hydrogen (secondary N) is 2. The Morgan fingerprint density at radius 3 is 2.67 bits per heavy atom. The monoisotopic (exact) mass is 208 g/mol. The van der Waals surface area contributed by atoms with E-state index in [4.69, 9.17) is 0 Å². The van der Waals surface area contributed by atoms with Crippen molar-refractivity contribution in [3.8, 4) is 0 Å². The molecule has 15 heavy (non-hydrogen) atoms. The molecule has 2 amide bonds. The molecule has 0 saturated heterocycles. The zero-order chi connectivity index (χ0) is 11.5. The van der Waals surface area contributed by atoms with Crippen LogP contribution in [0.3, 0.4) is 0 Å². The summed E-state index contributed by atoms with van der Waals surface area (Å²) in [4.78, 5) is 22.1. The first-order valence-corrected chi connectivity index (χ1v) is 4.91. The van der Waals surface area contributed by atoms with Crippen molar-refractivity contribution in [3.05, 3.63) is 23.8 Å². The van der Waals surface area contributed by atoms with Crippen LogP contribution in [-0.2, 0) is 9.59 Å². The lowest BCUT2D eigenvalue weighted by Gasteiger charge is -2.27. The Hall–Kier alpha value is -1.42. The molecule has 0 spiro atoms. The Balaban J connectivity index is 3.02. The van der Waals surface area contributed by atoms with Crippen molar-refractivity contribution >= 4 is 12.3 Å². The van der Waals surface area contributed by atoms with E-state index in [0.29, 0.717) is 12.8 Å². The lowest BCUT2D eigenvalue weighted by Crippen LogP contribution is -2.54. The number of carbonyl (C=O) groups is 2. The summed E-state index contributed by atoms with van der Waals surface area (Å²) in [5.74, 6) is -0.332. The molecule has 2 N–H and O–H groups in total. The lowest BCUT2D eigenvalue weighted by atomic mass is 9.91. The molecule has 1 aliphatic rings. The highest BCUT2D eigenvalue weighted by molar-refractivity contribution is 5.97. The second-order valence-corrected chi connectivity index (χ2v) is 3.54. The molecule has 82 valence electrons. The zero-order valence-electron chi connectivity index (χ0n) is 9.09. The Morgan fingerprint density at radius 1 is 1.60 bits per heavy atom. The van der Waals surface area contributed by atoms with Crippen LogP contribution in [0.25, 0.3) is 0 Å². The average molecular weight is 208 g/mol. The second-order valence-electron chi connectivity index (χ2n) is 3.54. The van der Waals surface area contributed by atoms with Gasteiger partial charge in [-0.1, -0.05) is 12.7 Å². The van der Waals surface area contributed by atoms with Crippen molar-refractivity contribution in [2.24, 2.45) is 0 Å². The number of carbonyl (C=O) groups excluding carboxylic acids is 2. The van der Waals surface area contributed by atoms with Crippen molar-refractivity contribution in [1.82, 2.24) is 10.6 Å². The third-order valence-electron chi connectivity index (χ3n) is 3.02. The van der Waals surface area contributed by atoms with Gasteiger partial charge in [0.2, 0.25) is 6.41 Å². The van der Waals surface area contributed by atoms with E-state index in [1.54, 1.807) is 7.05 Å². The largest absolute Gasteiger partial charge is 0.303 e. The second kappa shape index (κ2) is 4.40. The summed E-state index contributed by atoms with van der Waals surface area (Å²) in [7, 11) is 1.70. The van der Waals surface area contributed by atoms with Gasteiger partial charge in [0.15, 0.2) is 0 Å². The minimum Gasteiger partial charge on any atom is -0.303 e. The Kier molecular flexibility index (Phi) is 3.42. The smallest absolute Gasteiger partial charge is 0.251 e. The van der Waals surface area contributed by atoms with E-state index in [0.717, 1.165) is 17.6 Å². The van der Waals surface area contributed by atoms with Gasteiger partial charge in [0.05, 0.1) is 0 Å². The van der Waals surface area contributed by atoms with Gasteiger partial charge in [-0.3, -0.25) is 14.9 Å². The van der Waals surface area contributed by atoms with Crippen molar-refractivity contribution < 1.29 is 9.59 Å². The minimum absolute atomic E-state index is 0.332. The third kappa shape index (κ3) is 1.72. The summed E-state index contributed by atoms with van der Waals surface area (Å²) in [6.07, 6.45) is 3.81. The van der Waals surface area contributed by atoms with Gasteiger partial charge in [0, 0.05) is 0 Å². The third-order valence-corrected chi connectivity index (χ3v) is 3.02. The summed E-state index contributed by atoms with van der Waals surface area (Å²) >= 11 is 0. The number of allylic oxidation sites excluding steroid dienone is 1. The number of amides is 2. The molecule has 0 aromatic rings. The molecule has 0 aromatic carbocycles. The van der Waals surface area contributed by atoms with E-state index in [9.17, 15) is 9.59 Å². The van der Waals surface area contributed by atoms with Crippen molar-refractivity contribution in [1.29, 1.82) is 0 Å². The number of hydrogen-bond acceptors (Lipinski definition) is 3. The molecule has 0 heterocycles. The molecule has 0 bridgehead atoms. The van der Waals surface area contributed by atoms with Crippen LogP contribution < -0.4 is 10.6 Å². The van der Waals surface area contributed by atoms with E-state index in [2.05, 4.69) is 17.2 Å². The van der Waals surface area contributed by atoms with Gasteiger partial charge in [-0.25, -0.2) is 0 Å². The quantitative estimate of drug-likeness (QED) is 0.664. The standard InChI is InChI=1S/C11H16N2O2/c1-4-9-5-6-11(12-3,8(9)2)10(15)13-7-14/h4,7,12H,2,5-6H2,1,3H3,(H,13,14,15)/b9-4-. The molecule has 1 atom stereocenters. The minimum atomic E-state index is -0.817. The summed E-state index contributed by atoms with van der Waals surface area (Å²) in [6, 6.07) is 0. The number of likely N-dealkylation sites (N-methyl/N-ethyl adjacent to an activating group) is 1. The van der Waals surface area contributed by atoms with Crippen LogP contribution >= 0.6 is 0 Å². The lowest BCUT2D eigenvalue weighted by molar-refractivity contribution is -0.129. The van der Waals surface area contributed by atoms with Gasteiger partial charge in [-0.05, 0) is 38.0 Å². The van der Waals surface area contributed by atoms with Gasteiger partial charge < -0.3 is 5.32 Å². The molecule has 1 saturated carbocycles. The Bertz CT molecular complexity index is 333. The van der Waals surface area contributed by atoms with Gasteiger partial charge in [0.25, 0.3) is 5.91 Å². The topological polar surface area (TPSA) is 58.2 Å². The zero-order valence-corrected chi connectivity index (χ0v) is 9.09. The Labute approximate surface area is 89.4 Å². The van der Waals surface area contributed by atoms with Gasteiger partial charge in [0.1, 0.15) is 5.54 Å². The van der Waals surface area contributed by atoms with Crippen molar-refractivity contribution in [3.63, 3.8) is 0 Å². The predicted molar refractivity (Wildman–Crippen MR) is 58.1 cm³/mol. The summed E-state index contributed by atoms with van der Waals surface area (Å²) in [5.41, 5.74) is 1.01. The molecule has 1 aliphatic carbocycles. The highest BCUT2D eigenvalue weighted by atomic mass is 16.2. The highest BCUT2D eigenvalue weighted by Gasteiger charge is 2.44. The van der Waals surface area contributed by atoms with E-state index >= 15 is 0 Å². The fourth-order valence-electron chi connectivity index (χ4n) is 2.03. The normalized spacial score (nSPS) is 28.1. The van der Waals surface area contributed by atoms with Gasteiger partial charge >= 0.3 is 0 Å². The highest BCUT2D eigenvalue weighted by Crippen LogP contribution is 2.38. The summed E-state index contributed by atoms with van der Waals surface area (Å²) in [5, 5.41) is 5.15. The number of rotatable bonds is 3. The van der Waals surface area contributed by atoms with Crippen LogP contribution in [0.4, 0.5) is 0 Å². The maximum atomic E-state index is 11.8. The molecule has 1 unspecified atom stereocenters. The molecule has 4 nitrogen and oxygen atoms in total. The van der Waals surface area contributed by atoms with Crippen molar-refractivity contribution in [2.45, 2.75) is 25.3 Å². The van der Waals surface area contributed by atoms with Crippen LogP contribution in [-0.4, -0.2) is 24.9 Å². The van der Waals surface area contributed by atoms with Crippen LogP contribution in [0.15, 0.2) is 23.8 Å². The van der Waals surface area contributed by atoms with Gasteiger partial charge in [-0.15, -0.1) is 0 Å². The molecule has 0 aromatic heterocycles. The van der Waals surface area contributed by atoms with Crippen LogP contribution in [0, 0.1) is 0 Å². The van der Waals surface area contributed by atoms with E-state index in [-0.39, 0.29) is 5.91 Å². The first-order chi connectivity index (χ1) is 7.12. The molecule has 1 rings (SSSR count). The number of hydrogen-bond donors (Lipinski definition) is 2. The maximum absolute atomic E-state index is 11.8. The van der Waals surface area contributed by atoms with E-state index < -0.39 is 5.54 Å². The molecular weight excluding hydrogens is 192 g/mol.